The fourth-order valence-electron chi connectivity index (χ4n) is 4.17. The van der Waals surface area contributed by atoms with E-state index in [2.05, 4.69) is 9.89 Å². The van der Waals surface area contributed by atoms with E-state index < -0.39 is 17.0 Å². The number of rotatable bonds is 3. The lowest BCUT2D eigenvalue weighted by atomic mass is 9.90. The van der Waals surface area contributed by atoms with E-state index >= 15 is 0 Å². The number of Topliss-reactive ketones (excluding diaryl/α,β-unsaturated/α-hetero) is 1. The molecule has 1 fully saturated rings. The zero-order valence-corrected chi connectivity index (χ0v) is 15.5. The van der Waals surface area contributed by atoms with Crippen molar-refractivity contribution in [2.45, 2.75) is 6.17 Å². The first-order valence-corrected chi connectivity index (χ1v) is 9.45. The second-order valence-corrected chi connectivity index (χ2v) is 7.40. The molecule has 1 saturated heterocycles. The van der Waals surface area contributed by atoms with Gasteiger partial charge in [-0.3, -0.25) is 34.5 Å². The van der Waals surface area contributed by atoms with Gasteiger partial charge in [0.2, 0.25) is 11.7 Å². The highest BCUT2D eigenvalue weighted by Crippen LogP contribution is 2.39. The molecule has 0 saturated carbocycles. The van der Waals surface area contributed by atoms with Gasteiger partial charge in [0.15, 0.2) is 6.17 Å². The van der Waals surface area contributed by atoms with Crippen LogP contribution in [0.4, 0.5) is 11.4 Å². The summed E-state index contributed by atoms with van der Waals surface area (Å²) >= 11 is 0. The lowest BCUT2D eigenvalue weighted by Gasteiger charge is -2.33. The van der Waals surface area contributed by atoms with Crippen LogP contribution < -0.4 is 4.90 Å². The Morgan fingerprint density at radius 2 is 2.00 bits per heavy atom. The number of aliphatic imine (C=N–C) groups is 1. The molecular weight excluding hydrogens is 376 g/mol. The van der Waals surface area contributed by atoms with Crippen molar-refractivity contribution in [3.8, 4) is 0 Å². The van der Waals surface area contributed by atoms with Gasteiger partial charge in [-0.2, -0.15) is 0 Å². The first-order valence-electron chi connectivity index (χ1n) is 9.45. The fourth-order valence-corrected chi connectivity index (χ4v) is 4.17. The quantitative estimate of drug-likeness (QED) is 0.566. The van der Waals surface area contributed by atoms with Crippen LogP contribution >= 0.6 is 0 Å². The Balaban J connectivity index is 1.46. The number of nitrogens with zero attached hydrogens (tertiary/aromatic N) is 4. The Kier molecular flexibility index (Phi) is 4.14. The lowest BCUT2D eigenvalue weighted by Crippen LogP contribution is -2.49. The molecule has 1 aliphatic carbocycles. The number of fused-ring (bicyclic) bond motifs is 4. The molecule has 3 heterocycles. The third kappa shape index (κ3) is 2.90. The van der Waals surface area contributed by atoms with Gasteiger partial charge in [-0.15, -0.1) is 0 Å². The molecule has 0 N–H and O–H groups in total. The number of ketones is 1. The second-order valence-electron chi connectivity index (χ2n) is 7.40. The number of amides is 1. The van der Waals surface area contributed by atoms with E-state index in [1.807, 2.05) is 12.2 Å². The summed E-state index contributed by atoms with van der Waals surface area (Å²) in [7, 11) is 0. The van der Waals surface area contributed by atoms with Crippen LogP contribution in [0.3, 0.4) is 0 Å². The molecule has 1 aromatic rings. The first-order chi connectivity index (χ1) is 14.0. The molecule has 0 bridgehead atoms. The summed E-state index contributed by atoms with van der Waals surface area (Å²) in [5, 5.41) is 11.0. The number of carbonyl (C=O) groups excluding carboxylic acids is 2. The Labute approximate surface area is 166 Å². The monoisotopic (exact) mass is 394 g/mol. The number of nitro groups is 1. The minimum atomic E-state index is -0.982. The average molecular weight is 394 g/mol. The van der Waals surface area contributed by atoms with Crippen molar-refractivity contribution in [2.75, 3.05) is 37.7 Å². The van der Waals surface area contributed by atoms with Gasteiger partial charge in [0.1, 0.15) is 0 Å². The summed E-state index contributed by atoms with van der Waals surface area (Å²) in [6.07, 6.45) is 4.66. The maximum atomic E-state index is 13.3. The number of carbonyl (C=O) groups is 2. The van der Waals surface area contributed by atoms with Gasteiger partial charge in [0.05, 0.1) is 41.0 Å². The van der Waals surface area contributed by atoms with E-state index in [1.165, 1.54) is 23.1 Å². The summed E-state index contributed by atoms with van der Waals surface area (Å²) in [6, 6.07) is 3.99. The van der Waals surface area contributed by atoms with Crippen LogP contribution in [0, 0.1) is 16.0 Å². The van der Waals surface area contributed by atoms with Crippen LogP contribution in [0.25, 0.3) is 0 Å². The standard InChI is InChI=1S/C20H18N4O5/c25-18-15-10-13(24(27)28)2-4-17(15)23-19(18)21-16-3-1-12(9-14(16)20(23)26)11-22-5-7-29-8-6-22/h1-4,9-10,14,19H,5-8,11H2. The number of non-ortho nitro benzene ring substituents is 1. The van der Waals surface area contributed by atoms with Crippen LogP contribution in [-0.2, 0) is 9.53 Å². The van der Waals surface area contributed by atoms with Gasteiger partial charge in [-0.05, 0) is 17.7 Å². The van der Waals surface area contributed by atoms with Crippen molar-refractivity contribution < 1.29 is 19.2 Å². The van der Waals surface area contributed by atoms with E-state index in [-0.39, 0.29) is 22.9 Å². The Hall–Kier alpha value is -3.17. The largest absolute Gasteiger partial charge is 0.379 e. The predicted molar refractivity (Wildman–Crippen MR) is 104 cm³/mol. The molecule has 3 aliphatic heterocycles. The minimum absolute atomic E-state index is 0.169. The summed E-state index contributed by atoms with van der Waals surface area (Å²) in [4.78, 5) is 44.7. The number of hydrogen-bond acceptors (Lipinski definition) is 7. The molecule has 29 heavy (non-hydrogen) atoms. The Morgan fingerprint density at radius 3 is 2.76 bits per heavy atom. The van der Waals surface area contributed by atoms with Gasteiger partial charge in [0, 0.05) is 31.8 Å². The van der Waals surface area contributed by atoms with Crippen molar-refractivity contribution in [3.05, 3.63) is 57.7 Å². The smallest absolute Gasteiger partial charge is 0.270 e. The Morgan fingerprint density at radius 1 is 1.21 bits per heavy atom. The molecule has 5 rings (SSSR count). The van der Waals surface area contributed by atoms with Crippen LogP contribution in [0.1, 0.15) is 10.4 Å². The van der Waals surface area contributed by atoms with E-state index in [0.717, 1.165) is 25.2 Å². The molecule has 9 heteroatoms. The third-order valence-electron chi connectivity index (χ3n) is 5.65. The first kappa shape index (κ1) is 17.9. The Bertz CT molecular complexity index is 1020. The van der Waals surface area contributed by atoms with E-state index in [1.54, 1.807) is 6.08 Å². The van der Waals surface area contributed by atoms with Gasteiger partial charge >= 0.3 is 0 Å². The predicted octanol–water partition coefficient (Wildman–Crippen LogP) is 1.35. The van der Waals surface area contributed by atoms with Crippen molar-refractivity contribution >= 4 is 28.8 Å². The molecule has 2 unspecified atom stereocenters. The fraction of sp³-hybridized carbons (Fsp3) is 0.350. The number of allylic oxidation sites excluding steroid dienone is 1. The molecule has 0 aromatic heterocycles. The van der Waals surface area contributed by atoms with E-state index in [4.69, 9.17) is 4.74 Å². The number of nitro benzene ring substituents is 1. The van der Waals surface area contributed by atoms with E-state index in [0.29, 0.717) is 24.6 Å². The number of benzene rings is 1. The molecule has 4 aliphatic rings. The highest BCUT2D eigenvalue weighted by molar-refractivity contribution is 6.26. The lowest BCUT2D eigenvalue weighted by molar-refractivity contribution is -0.384. The van der Waals surface area contributed by atoms with Gasteiger partial charge < -0.3 is 4.74 Å². The topological polar surface area (TPSA) is 105 Å². The second kappa shape index (κ2) is 6.71. The normalized spacial score (nSPS) is 25.9. The molecule has 1 amide bonds. The zero-order valence-electron chi connectivity index (χ0n) is 15.5. The highest BCUT2D eigenvalue weighted by Gasteiger charge is 2.47. The average Bonchev–Trinajstić information content (AvgIpc) is 3.01. The molecule has 148 valence electrons. The van der Waals surface area contributed by atoms with Gasteiger partial charge in [-0.25, -0.2) is 0 Å². The summed E-state index contributed by atoms with van der Waals surface area (Å²) < 4.78 is 5.37. The zero-order chi connectivity index (χ0) is 20.1. The van der Waals surface area contributed by atoms with Crippen molar-refractivity contribution in [2.24, 2.45) is 10.9 Å². The number of hydrogen-bond donors (Lipinski definition) is 0. The van der Waals surface area contributed by atoms with Crippen LogP contribution in [0.5, 0.6) is 0 Å². The van der Waals surface area contributed by atoms with Crippen LogP contribution in [0.15, 0.2) is 47.0 Å². The van der Waals surface area contributed by atoms with Crippen molar-refractivity contribution in [3.63, 3.8) is 0 Å². The molecule has 9 nitrogen and oxygen atoms in total. The van der Waals surface area contributed by atoms with E-state index in [9.17, 15) is 19.7 Å². The van der Waals surface area contributed by atoms with Crippen molar-refractivity contribution in [1.82, 2.24) is 4.90 Å². The van der Waals surface area contributed by atoms with Crippen LogP contribution in [0.2, 0.25) is 0 Å². The number of anilines is 1. The van der Waals surface area contributed by atoms with Crippen LogP contribution in [-0.4, -0.2) is 66.2 Å². The molecule has 2 atom stereocenters. The van der Waals surface area contributed by atoms with Gasteiger partial charge in [0.25, 0.3) is 5.69 Å². The molecular formula is C20H18N4O5. The third-order valence-corrected chi connectivity index (χ3v) is 5.65. The summed E-state index contributed by atoms with van der Waals surface area (Å²) in [6.45, 7) is 3.82. The molecule has 0 spiro atoms. The SMILES string of the molecule is O=C1c2cc([N+](=O)[O-])ccc2N2C(=O)C3C=C(CN4CCOCC4)C=CC3=NC12. The van der Waals surface area contributed by atoms with Crippen molar-refractivity contribution in [1.29, 1.82) is 0 Å². The summed E-state index contributed by atoms with van der Waals surface area (Å²) in [5.41, 5.74) is 1.95. The van der Waals surface area contributed by atoms with Gasteiger partial charge in [-0.1, -0.05) is 12.2 Å². The molecule has 1 aromatic carbocycles. The minimum Gasteiger partial charge on any atom is -0.379 e. The number of ether oxygens (including phenoxy) is 1. The maximum Gasteiger partial charge on any atom is 0.270 e. The number of morpholine rings is 1. The molecule has 0 radical (unpaired) electrons. The maximum absolute atomic E-state index is 13.3. The highest BCUT2D eigenvalue weighted by atomic mass is 16.6. The summed E-state index contributed by atoms with van der Waals surface area (Å²) in [5.74, 6) is -1.18.